The van der Waals surface area contributed by atoms with Crippen LogP contribution in [0.3, 0.4) is 0 Å². The van der Waals surface area contributed by atoms with E-state index in [0.29, 0.717) is 26.2 Å². The fraction of sp³-hybridized carbons (Fsp3) is 0.304. The molecule has 30 heavy (non-hydrogen) atoms. The van der Waals surface area contributed by atoms with Gasteiger partial charge in [0, 0.05) is 32.4 Å². The molecule has 0 spiro atoms. The highest BCUT2D eigenvalue weighted by molar-refractivity contribution is 5.78. The molecule has 0 unspecified atom stereocenters. The minimum absolute atomic E-state index is 0.00413. The van der Waals surface area contributed by atoms with Gasteiger partial charge in [0.2, 0.25) is 0 Å². The van der Waals surface area contributed by atoms with E-state index in [1.54, 1.807) is 6.20 Å². The Morgan fingerprint density at radius 2 is 1.77 bits per heavy atom. The first-order chi connectivity index (χ1) is 14.6. The third-order valence-corrected chi connectivity index (χ3v) is 5.37. The van der Waals surface area contributed by atoms with Gasteiger partial charge in [-0.1, -0.05) is 12.1 Å². The minimum atomic E-state index is 0.00413. The molecule has 1 amide bonds. The van der Waals surface area contributed by atoms with E-state index in [1.165, 1.54) is 5.56 Å². The van der Waals surface area contributed by atoms with Crippen molar-refractivity contribution in [1.29, 1.82) is 0 Å². The maximum Gasteiger partial charge on any atom is 0.260 e. The van der Waals surface area contributed by atoms with Crippen molar-refractivity contribution in [2.45, 2.75) is 13.8 Å². The zero-order valence-corrected chi connectivity index (χ0v) is 17.3. The number of hydrogen-bond acceptors (Lipinski definition) is 6. The van der Waals surface area contributed by atoms with Gasteiger partial charge in [0.25, 0.3) is 5.91 Å². The standard InChI is InChI=1S/C23H25N5O2/c1-17-6-7-19(15-18(17)2)30-16-23(29)28-13-11-27(12-14-28)22-9-8-21(25-26-22)20-5-3-4-10-24-20/h3-10,15H,11-14,16H2,1-2H3. The zero-order valence-electron chi connectivity index (χ0n) is 17.3. The molecule has 1 aliphatic heterocycles. The van der Waals surface area contributed by atoms with Crippen LogP contribution in [-0.2, 0) is 4.79 Å². The van der Waals surface area contributed by atoms with Crippen LogP contribution in [0.2, 0.25) is 0 Å². The molecule has 1 aromatic carbocycles. The Morgan fingerprint density at radius 1 is 0.933 bits per heavy atom. The van der Waals surface area contributed by atoms with E-state index < -0.39 is 0 Å². The lowest BCUT2D eigenvalue weighted by Crippen LogP contribution is -2.50. The molecule has 7 nitrogen and oxygen atoms in total. The molecule has 4 rings (SSSR count). The van der Waals surface area contributed by atoms with E-state index >= 15 is 0 Å². The summed E-state index contributed by atoms with van der Waals surface area (Å²) in [5.74, 6) is 1.55. The lowest BCUT2D eigenvalue weighted by atomic mass is 10.1. The van der Waals surface area contributed by atoms with Crippen molar-refractivity contribution in [3.63, 3.8) is 0 Å². The maximum absolute atomic E-state index is 12.5. The first-order valence-electron chi connectivity index (χ1n) is 10.1. The predicted octanol–water partition coefficient (Wildman–Crippen LogP) is 2.88. The highest BCUT2D eigenvalue weighted by atomic mass is 16.5. The van der Waals surface area contributed by atoms with Crippen molar-refractivity contribution in [2.75, 3.05) is 37.7 Å². The normalized spacial score (nSPS) is 13.9. The predicted molar refractivity (Wildman–Crippen MR) is 115 cm³/mol. The Balaban J connectivity index is 1.29. The fourth-order valence-corrected chi connectivity index (χ4v) is 3.37. The van der Waals surface area contributed by atoms with Crippen molar-refractivity contribution in [1.82, 2.24) is 20.1 Å². The Kier molecular flexibility index (Phi) is 5.88. The van der Waals surface area contributed by atoms with Gasteiger partial charge >= 0.3 is 0 Å². The second-order valence-corrected chi connectivity index (χ2v) is 7.39. The van der Waals surface area contributed by atoms with Gasteiger partial charge in [-0.05, 0) is 61.4 Å². The topological polar surface area (TPSA) is 71.5 Å². The molecular formula is C23H25N5O2. The van der Waals surface area contributed by atoms with Crippen LogP contribution in [0.5, 0.6) is 5.75 Å². The second kappa shape index (κ2) is 8.90. The summed E-state index contributed by atoms with van der Waals surface area (Å²) >= 11 is 0. The molecule has 3 aromatic rings. The molecule has 0 radical (unpaired) electrons. The summed E-state index contributed by atoms with van der Waals surface area (Å²) in [6.07, 6.45) is 1.74. The van der Waals surface area contributed by atoms with Gasteiger partial charge in [0.15, 0.2) is 12.4 Å². The number of anilines is 1. The van der Waals surface area contributed by atoms with Crippen LogP contribution < -0.4 is 9.64 Å². The number of carbonyl (C=O) groups excluding carboxylic acids is 1. The summed E-state index contributed by atoms with van der Waals surface area (Å²) < 4.78 is 5.69. The lowest BCUT2D eigenvalue weighted by molar-refractivity contribution is -0.133. The van der Waals surface area contributed by atoms with Crippen molar-refractivity contribution < 1.29 is 9.53 Å². The fourth-order valence-electron chi connectivity index (χ4n) is 3.37. The first kappa shape index (κ1) is 19.8. The van der Waals surface area contributed by atoms with Crippen molar-refractivity contribution in [3.05, 3.63) is 65.9 Å². The molecule has 1 fully saturated rings. The number of hydrogen-bond donors (Lipinski definition) is 0. The first-order valence-corrected chi connectivity index (χ1v) is 10.1. The monoisotopic (exact) mass is 403 g/mol. The Labute approximate surface area is 176 Å². The van der Waals surface area contributed by atoms with Crippen LogP contribution in [0.15, 0.2) is 54.7 Å². The van der Waals surface area contributed by atoms with E-state index in [2.05, 4.69) is 27.0 Å². The zero-order chi connectivity index (χ0) is 20.9. The molecule has 1 aliphatic rings. The molecular weight excluding hydrogens is 378 g/mol. The number of rotatable bonds is 5. The maximum atomic E-state index is 12.5. The number of aryl methyl sites for hydroxylation is 2. The number of aromatic nitrogens is 3. The van der Waals surface area contributed by atoms with Crippen LogP contribution in [0, 0.1) is 13.8 Å². The third kappa shape index (κ3) is 4.56. The number of amides is 1. The summed E-state index contributed by atoms with van der Waals surface area (Å²) in [5, 5.41) is 8.65. The molecule has 0 saturated carbocycles. The Hall–Kier alpha value is -3.48. The quantitative estimate of drug-likeness (QED) is 0.652. The van der Waals surface area contributed by atoms with Gasteiger partial charge < -0.3 is 14.5 Å². The molecule has 154 valence electrons. The molecule has 0 aliphatic carbocycles. The van der Waals surface area contributed by atoms with Gasteiger partial charge in [-0.3, -0.25) is 9.78 Å². The van der Waals surface area contributed by atoms with E-state index in [4.69, 9.17) is 4.74 Å². The third-order valence-electron chi connectivity index (χ3n) is 5.37. The van der Waals surface area contributed by atoms with E-state index in [0.717, 1.165) is 28.5 Å². The number of benzene rings is 1. The molecule has 3 heterocycles. The van der Waals surface area contributed by atoms with Crippen molar-refractivity contribution in [3.8, 4) is 17.1 Å². The van der Waals surface area contributed by atoms with Crippen molar-refractivity contribution >= 4 is 11.7 Å². The highest BCUT2D eigenvalue weighted by Gasteiger charge is 2.22. The molecule has 0 bridgehead atoms. The van der Waals surface area contributed by atoms with Gasteiger partial charge in [0.05, 0.1) is 5.69 Å². The van der Waals surface area contributed by atoms with E-state index in [9.17, 15) is 4.79 Å². The van der Waals surface area contributed by atoms with Gasteiger partial charge in [-0.15, -0.1) is 10.2 Å². The summed E-state index contributed by atoms with van der Waals surface area (Å²) in [5.41, 5.74) is 3.91. The molecule has 7 heteroatoms. The minimum Gasteiger partial charge on any atom is -0.484 e. The second-order valence-electron chi connectivity index (χ2n) is 7.39. The summed E-state index contributed by atoms with van der Waals surface area (Å²) in [7, 11) is 0. The number of ether oxygens (including phenoxy) is 1. The lowest BCUT2D eigenvalue weighted by Gasteiger charge is -2.35. The Bertz CT molecular complexity index is 1000. The van der Waals surface area contributed by atoms with Crippen LogP contribution in [0.25, 0.3) is 11.4 Å². The van der Waals surface area contributed by atoms with E-state index in [1.807, 2.05) is 60.4 Å². The smallest absolute Gasteiger partial charge is 0.260 e. The molecule has 1 saturated heterocycles. The summed E-state index contributed by atoms with van der Waals surface area (Å²) in [6, 6.07) is 15.5. The average Bonchev–Trinajstić information content (AvgIpc) is 2.80. The highest BCUT2D eigenvalue weighted by Crippen LogP contribution is 2.19. The van der Waals surface area contributed by atoms with Crippen LogP contribution in [0.1, 0.15) is 11.1 Å². The SMILES string of the molecule is Cc1ccc(OCC(=O)N2CCN(c3ccc(-c4ccccn4)nn3)CC2)cc1C. The Morgan fingerprint density at radius 3 is 2.43 bits per heavy atom. The van der Waals surface area contributed by atoms with Crippen LogP contribution in [-0.4, -0.2) is 58.8 Å². The van der Waals surface area contributed by atoms with Crippen molar-refractivity contribution in [2.24, 2.45) is 0 Å². The van der Waals surface area contributed by atoms with E-state index in [-0.39, 0.29) is 12.5 Å². The average molecular weight is 403 g/mol. The number of piperazine rings is 1. The molecule has 2 aromatic heterocycles. The number of pyridine rings is 1. The summed E-state index contributed by atoms with van der Waals surface area (Å²) in [6.45, 7) is 6.86. The van der Waals surface area contributed by atoms with Gasteiger partial charge in [0.1, 0.15) is 11.4 Å². The summed E-state index contributed by atoms with van der Waals surface area (Å²) in [4.78, 5) is 20.8. The molecule has 0 atom stereocenters. The van der Waals surface area contributed by atoms with Crippen LogP contribution in [0.4, 0.5) is 5.82 Å². The van der Waals surface area contributed by atoms with Crippen LogP contribution >= 0.6 is 0 Å². The van der Waals surface area contributed by atoms with Gasteiger partial charge in [-0.25, -0.2) is 0 Å². The number of carbonyl (C=O) groups is 1. The largest absolute Gasteiger partial charge is 0.484 e. The number of nitrogens with zero attached hydrogens (tertiary/aromatic N) is 5. The van der Waals surface area contributed by atoms with Gasteiger partial charge in [-0.2, -0.15) is 0 Å². The molecule has 0 N–H and O–H groups in total.